The van der Waals surface area contributed by atoms with Crippen LogP contribution in [0.2, 0.25) is 0 Å². The van der Waals surface area contributed by atoms with Gasteiger partial charge in [-0.1, -0.05) is 49.0 Å². The van der Waals surface area contributed by atoms with Gasteiger partial charge in [-0.05, 0) is 36.2 Å². The van der Waals surface area contributed by atoms with E-state index in [2.05, 4.69) is 5.32 Å². The predicted molar refractivity (Wildman–Crippen MR) is 106 cm³/mol. The fraction of sp³-hybridized carbons (Fsp3) is 0.190. The van der Waals surface area contributed by atoms with Crippen LogP contribution in [0, 0.1) is 17.1 Å². The highest BCUT2D eigenvalue weighted by molar-refractivity contribution is 8.05. The third-order valence-corrected chi connectivity index (χ3v) is 5.69. The van der Waals surface area contributed by atoms with Crippen LogP contribution in [0.5, 0.6) is 0 Å². The van der Waals surface area contributed by atoms with Crippen LogP contribution in [-0.2, 0) is 16.1 Å². The average molecular weight is 395 g/mol. The number of benzene rings is 2. The molecule has 2 aromatic rings. The van der Waals surface area contributed by atoms with Crippen molar-refractivity contribution in [2.24, 2.45) is 0 Å². The first-order chi connectivity index (χ1) is 13.5. The Morgan fingerprint density at radius 1 is 1.21 bits per heavy atom. The molecule has 1 aliphatic heterocycles. The fourth-order valence-corrected chi connectivity index (χ4v) is 4.01. The van der Waals surface area contributed by atoms with Crippen molar-refractivity contribution in [2.45, 2.75) is 25.1 Å². The lowest BCUT2D eigenvalue weighted by molar-refractivity contribution is -0.117. The Morgan fingerprint density at radius 3 is 2.50 bits per heavy atom. The van der Waals surface area contributed by atoms with Gasteiger partial charge in [0, 0.05) is 12.2 Å². The highest BCUT2D eigenvalue weighted by Gasteiger charge is 2.39. The zero-order valence-corrected chi connectivity index (χ0v) is 16.0. The van der Waals surface area contributed by atoms with Gasteiger partial charge >= 0.3 is 0 Å². The van der Waals surface area contributed by atoms with Crippen LogP contribution in [0.4, 0.5) is 10.1 Å². The number of hydrogen-bond donors (Lipinski definition) is 1. The molecule has 0 unspecified atom stereocenters. The summed E-state index contributed by atoms with van der Waals surface area (Å²) < 4.78 is 13.3. The molecule has 0 saturated carbocycles. The van der Waals surface area contributed by atoms with Gasteiger partial charge in [0.15, 0.2) is 0 Å². The van der Waals surface area contributed by atoms with E-state index in [9.17, 15) is 19.2 Å². The summed E-state index contributed by atoms with van der Waals surface area (Å²) in [5, 5.41) is 12.2. The number of carbonyl (C=O) groups excluding carboxylic acids is 2. The summed E-state index contributed by atoms with van der Waals surface area (Å²) in [4.78, 5) is 26.8. The summed E-state index contributed by atoms with van der Waals surface area (Å²) >= 11 is 1.19. The molecular weight excluding hydrogens is 377 g/mol. The molecule has 0 bridgehead atoms. The summed E-state index contributed by atoms with van der Waals surface area (Å²) in [6, 6.07) is 16.7. The average Bonchev–Trinajstić information content (AvgIpc) is 3.04. The van der Waals surface area contributed by atoms with Gasteiger partial charge in [-0.25, -0.2) is 4.39 Å². The molecule has 7 heteroatoms. The number of nitriles is 1. The number of nitrogens with zero attached hydrogens (tertiary/aromatic N) is 2. The molecule has 2 amide bonds. The van der Waals surface area contributed by atoms with Gasteiger partial charge < -0.3 is 5.32 Å². The van der Waals surface area contributed by atoms with Gasteiger partial charge in [0.25, 0.3) is 5.91 Å². The zero-order chi connectivity index (χ0) is 20.1. The van der Waals surface area contributed by atoms with E-state index in [1.807, 2.05) is 43.3 Å². The Labute approximate surface area is 166 Å². The monoisotopic (exact) mass is 395 g/mol. The molecule has 2 aromatic carbocycles. The predicted octanol–water partition coefficient (Wildman–Crippen LogP) is 3.74. The van der Waals surface area contributed by atoms with E-state index in [4.69, 9.17) is 0 Å². The number of carbonyl (C=O) groups is 2. The minimum absolute atomic E-state index is 0.130. The minimum atomic E-state index is -0.550. The maximum atomic E-state index is 13.3. The summed E-state index contributed by atoms with van der Waals surface area (Å²) in [6.45, 7) is 2.13. The van der Waals surface area contributed by atoms with E-state index >= 15 is 0 Å². The van der Waals surface area contributed by atoms with Crippen LogP contribution in [0.1, 0.15) is 18.9 Å². The van der Waals surface area contributed by atoms with E-state index in [1.54, 1.807) is 0 Å². The highest BCUT2D eigenvalue weighted by Crippen LogP contribution is 2.41. The third kappa shape index (κ3) is 4.07. The van der Waals surface area contributed by atoms with Crippen LogP contribution in [-0.4, -0.2) is 17.1 Å². The molecule has 1 atom stereocenters. The number of halogens is 1. The lowest BCUT2D eigenvalue weighted by atomic mass is 10.2. The molecule has 1 N–H and O–H groups in total. The smallest absolute Gasteiger partial charge is 0.264 e. The molecule has 3 rings (SSSR count). The number of anilines is 1. The number of thioether (sulfide) groups is 1. The van der Waals surface area contributed by atoms with E-state index in [1.165, 1.54) is 40.9 Å². The Kier molecular flexibility index (Phi) is 6.12. The van der Waals surface area contributed by atoms with Crippen molar-refractivity contribution in [1.82, 2.24) is 5.32 Å². The van der Waals surface area contributed by atoms with Crippen molar-refractivity contribution in [3.8, 4) is 6.07 Å². The number of nitrogens with one attached hydrogen (secondary N) is 1. The van der Waals surface area contributed by atoms with Gasteiger partial charge in [0.2, 0.25) is 5.91 Å². The molecule has 1 saturated heterocycles. The lowest BCUT2D eigenvalue weighted by Crippen LogP contribution is -2.31. The Balaban J connectivity index is 1.93. The van der Waals surface area contributed by atoms with Crippen LogP contribution >= 0.6 is 11.8 Å². The summed E-state index contributed by atoms with van der Waals surface area (Å²) in [5.41, 5.74) is 1.19. The summed E-state index contributed by atoms with van der Waals surface area (Å²) in [6.07, 6.45) is 0.551. The Bertz CT molecular complexity index is 952. The first-order valence-corrected chi connectivity index (χ1v) is 9.65. The first kappa shape index (κ1) is 19.6. The van der Waals surface area contributed by atoms with Gasteiger partial charge in [-0.2, -0.15) is 5.26 Å². The maximum absolute atomic E-state index is 13.3. The first-order valence-electron chi connectivity index (χ1n) is 8.77. The van der Waals surface area contributed by atoms with Crippen LogP contribution in [0.25, 0.3) is 0 Å². The quantitative estimate of drug-likeness (QED) is 0.618. The molecule has 1 aliphatic rings. The van der Waals surface area contributed by atoms with E-state index < -0.39 is 17.0 Å². The molecule has 1 heterocycles. The zero-order valence-electron chi connectivity index (χ0n) is 15.2. The standard InChI is InChI=1S/C21H18FN3O2S/c1-2-18-20(27)25(16-10-8-15(22)9-11-16)21(28-18)17(12-23)19(26)24-13-14-6-4-3-5-7-14/h3-11,18H,2,13H2,1H3,(H,24,26)/b21-17+/t18-/m0/s1. The second-order valence-corrected chi connectivity index (χ2v) is 7.32. The largest absolute Gasteiger partial charge is 0.347 e. The van der Waals surface area contributed by atoms with Crippen molar-refractivity contribution >= 4 is 29.3 Å². The van der Waals surface area contributed by atoms with E-state index in [0.29, 0.717) is 12.1 Å². The number of rotatable bonds is 5. The number of amides is 2. The maximum Gasteiger partial charge on any atom is 0.264 e. The molecule has 0 spiro atoms. The Morgan fingerprint density at radius 2 is 1.89 bits per heavy atom. The van der Waals surface area contributed by atoms with Crippen molar-refractivity contribution < 1.29 is 14.0 Å². The van der Waals surface area contributed by atoms with E-state index in [-0.39, 0.29) is 23.1 Å². The Hall–Kier alpha value is -3.11. The minimum Gasteiger partial charge on any atom is -0.347 e. The molecule has 28 heavy (non-hydrogen) atoms. The highest BCUT2D eigenvalue weighted by atomic mass is 32.2. The van der Waals surface area contributed by atoms with Gasteiger partial charge in [0.05, 0.1) is 5.25 Å². The second kappa shape index (κ2) is 8.72. The van der Waals surface area contributed by atoms with Crippen LogP contribution < -0.4 is 10.2 Å². The van der Waals surface area contributed by atoms with Crippen molar-refractivity contribution in [3.63, 3.8) is 0 Å². The van der Waals surface area contributed by atoms with Crippen molar-refractivity contribution in [1.29, 1.82) is 5.26 Å². The SMILES string of the molecule is CC[C@@H]1S/C(=C(\C#N)C(=O)NCc2ccccc2)N(c2ccc(F)cc2)C1=O. The molecule has 142 valence electrons. The lowest BCUT2D eigenvalue weighted by Gasteiger charge is -2.18. The molecule has 5 nitrogen and oxygen atoms in total. The van der Waals surface area contributed by atoms with Crippen molar-refractivity contribution in [2.75, 3.05) is 4.90 Å². The molecule has 1 fully saturated rings. The van der Waals surface area contributed by atoms with Gasteiger partial charge in [-0.15, -0.1) is 0 Å². The molecule has 0 aliphatic carbocycles. The molecule has 0 radical (unpaired) electrons. The third-order valence-electron chi connectivity index (χ3n) is 4.26. The van der Waals surface area contributed by atoms with Crippen LogP contribution in [0.15, 0.2) is 65.2 Å². The normalized spacial score (nSPS) is 18.0. The summed E-state index contributed by atoms with van der Waals surface area (Å²) in [7, 11) is 0. The van der Waals surface area contributed by atoms with E-state index in [0.717, 1.165) is 5.56 Å². The molecule has 0 aromatic heterocycles. The summed E-state index contributed by atoms with van der Waals surface area (Å²) in [5.74, 6) is -1.20. The second-order valence-electron chi connectivity index (χ2n) is 6.13. The topological polar surface area (TPSA) is 73.2 Å². The van der Waals surface area contributed by atoms with Crippen LogP contribution in [0.3, 0.4) is 0 Å². The van der Waals surface area contributed by atoms with Gasteiger partial charge in [0.1, 0.15) is 22.5 Å². The molecular formula is C21H18FN3O2S. The fourth-order valence-electron chi connectivity index (χ4n) is 2.81. The van der Waals surface area contributed by atoms with Crippen molar-refractivity contribution in [3.05, 3.63) is 76.6 Å². The van der Waals surface area contributed by atoms with Gasteiger partial charge in [-0.3, -0.25) is 14.5 Å². The number of hydrogen-bond acceptors (Lipinski definition) is 4.